The van der Waals surface area contributed by atoms with Crippen LogP contribution in [0, 0.1) is 0 Å². The fourth-order valence-corrected chi connectivity index (χ4v) is 4.13. The van der Waals surface area contributed by atoms with Crippen LogP contribution >= 0.6 is 0 Å². The number of ketones is 1. The van der Waals surface area contributed by atoms with E-state index < -0.39 is 23.8 Å². The number of carbonyl (C=O) groups is 3. The molecule has 184 valence electrons. The van der Waals surface area contributed by atoms with E-state index in [1.165, 1.54) is 7.11 Å². The van der Waals surface area contributed by atoms with Gasteiger partial charge in [0.2, 0.25) is 5.78 Å². The topological polar surface area (TPSA) is 89.9 Å². The van der Waals surface area contributed by atoms with Crippen LogP contribution in [0.2, 0.25) is 0 Å². The molecule has 0 aliphatic rings. The largest absolute Gasteiger partial charge is 0.463 e. The molecule has 4 rings (SSSR count). The normalized spacial score (nSPS) is 11.8. The Bertz CT molecular complexity index is 1410. The van der Waals surface area contributed by atoms with Gasteiger partial charge in [-0.1, -0.05) is 72.8 Å². The molecule has 0 aliphatic carbocycles. The smallest absolute Gasteiger partial charge is 0.374 e. The zero-order valence-corrected chi connectivity index (χ0v) is 20.1. The molecule has 36 heavy (non-hydrogen) atoms. The van der Waals surface area contributed by atoms with Crippen molar-refractivity contribution in [1.29, 1.82) is 0 Å². The first-order chi connectivity index (χ1) is 17.4. The molecular weight excluding hydrogens is 456 g/mol. The van der Waals surface area contributed by atoms with Crippen molar-refractivity contribution in [3.05, 3.63) is 95.6 Å². The number of esters is 2. The average molecular weight is 485 g/mol. The van der Waals surface area contributed by atoms with Gasteiger partial charge in [-0.3, -0.25) is 4.79 Å². The molecule has 0 aromatic heterocycles. The molecule has 0 amide bonds. The summed E-state index contributed by atoms with van der Waals surface area (Å²) in [5.74, 6) is -2.04. The van der Waals surface area contributed by atoms with Crippen molar-refractivity contribution in [2.24, 2.45) is 0 Å². The lowest BCUT2D eigenvalue weighted by Crippen LogP contribution is -2.23. The second kappa shape index (κ2) is 11.6. The maximum absolute atomic E-state index is 12.4. The first-order valence-corrected chi connectivity index (χ1v) is 11.9. The number of methoxy groups -OCH3 is 1. The number of aliphatic hydroxyl groups is 1. The van der Waals surface area contributed by atoms with Crippen LogP contribution in [0.1, 0.15) is 29.5 Å². The molecule has 0 bridgehead atoms. The van der Waals surface area contributed by atoms with Crippen molar-refractivity contribution in [3.8, 4) is 0 Å². The van der Waals surface area contributed by atoms with Crippen molar-refractivity contribution in [2.75, 3.05) is 7.11 Å². The van der Waals surface area contributed by atoms with Gasteiger partial charge in [0.1, 0.15) is 6.61 Å². The molecule has 6 heteroatoms. The molecule has 4 aromatic rings. The molecule has 1 unspecified atom stereocenters. The Morgan fingerprint density at radius 2 is 1.33 bits per heavy atom. The van der Waals surface area contributed by atoms with Crippen LogP contribution in [0.4, 0.5) is 0 Å². The molecule has 1 atom stereocenters. The van der Waals surface area contributed by atoms with Gasteiger partial charge in [-0.05, 0) is 63.6 Å². The predicted octanol–water partition coefficient (Wildman–Crippen LogP) is 4.70. The van der Waals surface area contributed by atoms with Gasteiger partial charge >= 0.3 is 11.9 Å². The minimum Gasteiger partial charge on any atom is -0.463 e. The molecule has 0 radical (unpaired) electrons. The van der Waals surface area contributed by atoms with Crippen LogP contribution in [-0.4, -0.2) is 36.0 Å². The maximum Gasteiger partial charge on any atom is 0.374 e. The molecule has 0 saturated heterocycles. The third kappa shape index (κ3) is 6.34. The number of hydrogen-bond acceptors (Lipinski definition) is 6. The molecule has 6 nitrogen and oxygen atoms in total. The molecule has 1 N–H and O–H groups in total. The Hall–Kier alpha value is -4.03. The van der Waals surface area contributed by atoms with Crippen LogP contribution < -0.4 is 0 Å². The fraction of sp³-hybridized carbons (Fsp3) is 0.233. The Labute approximate surface area is 209 Å². The number of carbonyl (C=O) groups excluding carboxylic acids is 3. The highest BCUT2D eigenvalue weighted by Gasteiger charge is 2.17. The van der Waals surface area contributed by atoms with Gasteiger partial charge in [0.25, 0.3) is 0 Å². The zero-order chi connectivity index (χ0) is 25.5. The van der Waals surface area contributed by atoms with Gasteiger partial charge < -0.3 is 14.6 Å². The number of Topliss-reactive ketones (excluding diaryl/α,β-unsaturated/α-hetero) is 1. The second-order valence-corrected chi connectivity index (χ2v) is 8.77. The van der Waals surface area contributed by atoms with Gasteiger partial charge in [-0.25, -0.2) is 9.59 Å². The lowest BCUT2D eigenvalue weighted by Gasteiger charge is -2.12. The van der Waals surface area contributed by atoms with Crippen LogP contribution in [0.15, 0.2) is 78.9 Å². The summed E-state index contributed by atoms with van der Waals surface area (Å²) in [7, 11) is 1.19. The Kier molecular flexibility index (Phi) is 8.08. The number of aliphatic hydroxyl groups excluding tert-OH is 1. The van der Waals surface area contributed by atoms with E-state index in [2.05, 4.69) is 10.8 Å². The van der Waals surface area contributed by atoms with Gasteiger partial charge in [0.05, 0.1) is 7.11 Å². The second-order valence-electron chi connectivity index (χ2n) is 8.77. The molecule has 0 aliphatic heterocycles. The summed E-state index contributed by atoms with van der Waals surface area (Å²) in [6.07, 6.45) is 0.149. The summed E-state index contributed by atoms with van der Waals surface area (Å²) >= 11 is 0. The first kappa shape index (κ1) is 25.1. The molecule has 0 saturated carbocycles. The first-order valence-electron chi connectivity index (χ1n) is 11.9. The summed E-state index contributed by atoms with van der Waals surface area (Å²) < 4.78 is 9.82. The van der Waals surface area contributed by atoms with Crippen molar-refractivity contribution in [2.45, 2.75) is 38.4 Å². The fourth-order valence-electron chi connectivity index (χ4n) is 4.13. The van der Waals surface area contributed by atoms with E-state index in [4.69, 9.17) is 4.74 Å². The minimum atomic E-state index is -1.20. The van der Waals surface area contributed by atoms with E-state index in [0.717, 1.165) is 38.2 Å². The maximum atomic E-state index is 12.4. The lowest BCUT2D eigenvalue weighted by atomic mass is 10.0. The van der Waals surface area contributed by atoms with Crippen molar-refractivity contribution in [1.82, 2.24) is 0 Å². The minimum absolute atomic E-state index is 0.0485. The van der Waals surface area contributed by atoms with Crippen LogP contribution in [-0.2, 0) is 43.3 Å². The third-order valence-electron chi connectivity index (χ3n) is 6.20. The quantitative estimate of drug-likeness (QED) is 0.259. The van der Waals surface area contributed by atoms with E-state index in [9.17, 15) is 19.5 Å². The Morgan fingerprint density at radius 1 is 0.750 bits per heavy atom. The highest BCUT2D eigenvalue weighted by Crippen LogP contribution is 2.20. The van der Waals surface area contributed by atoms with E-state index in [0.29, 0.717) is 12.8 Å². The summed E-state index contributed by atoms with van der Waals surface area (Å²) in [5, 5.41) is 14.5. The highest BCUT2D eigenvalue weighted by atomic mass is 16.5. The van der Waals surface area contributed by atoms with Gasteiger partial charge in [0, 0.05) is 6.42 Å². The summed E-state index contributed by atoms with van der Waals surface area (Å²) in [6.45, 7) is 0.0485. The molecule has 4 aromatic carbocycles. The van der Waals surface area contributed by atoms with Gasteiger partial charge in [-0.2, -0.15) is 0 Å². The van der Waals surface area contributed by atoms with Crippen LogP contribution in [0.25, 0.3) is 21.5 Å². The standard InChI is InChI=1S/C30H28O6/c1-35-29(33)27(31)14-9-21-7-12-24-13-8-22(18-26(24)17-21)19-36-30(34)28(32)15-10-20-6-11-23-4-2-3-5-25(23)16-20/h2-8,11-13,16-18,28,32H,9-10,14-15,19H2,1H3. The molecule has 0 spiro atoms. The summed E-state index contributed by atoms with van der Waals surface area (Å²) in [5.41, 5.74) is 2.76. The van der Waals surface area contributed by atoms with E-state index in [-0.39, 0.29) is 19.4 Å². The monoisotopic (exact) mass is 484 g/mol. The lowest BCUT2D eigenvalue weighted by molar-refractivity contribution is -0.155. The number of ether oxygens (including phenoxy) is 2. The SMILES string of the molecule is COC(=O)C(=O)CCc1ccc2ccc(COC(=O)C(O)CCc3ccc4ccccc4c3)cc2c1. The summed E-state index contributed by atoms with van der Waals surface area (Å²) in [6, 6.07) is 25.7. The molecule has 0 heterocycles. The zero-order valence-electron chi connectivity index (χ0n) is 20.1. The van der Waals surface area contributed by atoms with Gasteiger partial charge in [-0.15, -0.1) is 0 Å². The number of hydrogen-bond donors (Lipinski definition) is 1. The van der Waals surface area contributed by atoms with Crippen molar-refractivity contribution >= 4 is 39.3 Å². The van der Waals surface area contributed by atoms with E-state index in [1.807, 2.05) is 72.8 Å². The van der Waals surface area contributed by atoms with E-state index in [1.54, 1.807) is 0 Å². The average Bonchev–Trinajstić information content (AvgIpc) is 2.92. The number of rotatable bonds is 10. The van der Waals surface area contributed by atoms with Crippen LogP contribution in [0.5, 0.6) is 0 Å². The van der Waals surface area contributed by atoms with E-state index >= 15 is 0 Å². The number of benzene rings is 4. The number of aryl methyl sites for hydroxylation is 2. The van der Waals surface area contributed by atoms with Crippen molar-refractivity contribution in [3.63, 3.8) is 0 Å². The van der Waals surface area contributed by atoms with Crippen molar-refractivity contribution < 1.29 is 29.0 Å². The van der Waals surface area contributed by atoms with Gasteiger partial charge in [0.15, 0.2) is 6.10 Å². The third-order valence-corrected chi connectivity index (χ3v) is 6.20. The highest BCUT2D eigenvalue weighted by molar-refractivity contribution is 6.33. The molecule has 0 fully saturated rings. The number of fused-ring (bicyclic) bond motifs is 2. The Morgan fingerprint density at radius 3 is 2.06 bits per heavy atom. The molecular formula is C30H28O6. The predicted molar refractivity (Wildman–Crippen MR) is 137 cm³/mol. The van der Waals surface area contributed by atoms with Crippen LogP contribution in [0.3, 0.4) is 0 Å². The Balaban J connectivity index is 1.31. The summed E-state index contributed by atoms with van der Waals surface area (Å²) in [4.78, 5) is 35.4.